The number of carbonyl (C=O) groups is 2. The van der Waals surface area contributed by atoms with Crippen LogP contribution in [0.1, 0.15) is 18.4 Å². The summed E-state index contributed by atoms with van der Waals surface area (Å²) in [5.41, 5.74) is 0.772. The minimum atomic E-state index is -1.24. The number of phenols is 1. The van der Waals surface area contributed by atoms with Crippen molar-refractivity contribution in [2.45, 2.75) is 19.3 Å². The number of carbonyl (C=O) groups excluding carboxylic acids is 2. The molecule has 2 aromatic rings. The van der Waals surface area contributed by atoms with Crippen LogP contribution in [0.25, 0.3) is 10.8 Å². The lowest BCUT2D eigenvalue weighted by Gasteiger charge is -2.10. The van der Waals surface area contributed by atoms with Gasteiger partial charge in [0.2, 0.25) is 5.91 Å². The molecule has 0 fully saturated rings. The maximum Gasteiger partial charge on any atom is 0.220 e. The van der Waals surface area contributed by atoms with Crippen molar-refractivity contribution in [1.82, 2.24) is 5.32 Å². The van der Waals surface area contributed by atoms with Gasteiger partial charge in [-0.3, -0.25) is 4.79 Å². The summed E-state index contributed by atoms with van der Waals surface area (Å²) in [5.74, 6) is -1.38. The predicted octanol–water partition coefficient (Wildman–Crippen LogP) is 0.734. The van der Waals surface area contributed by atoms with Crippen LogP contribution in [0.5, 0.6) is 5.75 Å². The van der Waals surface area contributed by atoms with Crippen molar-refractivity contribution in [3.63, 3.8) is 0 Å². The first-order chi connectivity index (χ1) is 10.1. The van der Waals surface area contributed by atoms with E-state index in [-0.39, 0.29) is 24.5 Å². The Kier molecular flexibility index (Phi) is 4.77. The maximum atomic E-state index is 11.4. The van der Waals surface area contributed by atoms with E-state index in [0.29, 0.717) is 13.0 Å². The maximum absolute atomic E-state index is 11.4. The number of carboxylic acid groups (broad SMARTS) is 1. The summed E-state index contributed by atoms with van der Waals surface area (Å²) in [6, 6.07) is 11.2. The van der Waals surface area contributed by atoms with Gasteiger partial charge in [-0.05, 0) is 29.7 Å². The molecule has 0 unspecified atom stereocenters. The van der Waals surface area contributed by atoms with Gasteiger partial charge in [0.05, 0.1) is 0 Å². The Morgan fingerprint density at radius 2 is 1.86 bits per heavy atom. The van der Waals surface area contributed by atoms with Crippen LogP contribution in [-0.4, -0.2) is 23.5 Å². The Bertz CT molecular complexity index is 666. The monoisotopic (exact) mass is 286 g/mol. The predicted molar refractivity (Wildman–Crippen MR) is 76.6 cm³/mol. The van der Waals surface area contributed by atoms with E-state index < -0.39 is 5.97 Å². The lowest BCUT2D eigenvalue weighted by molar-refractivity contribution is -0.305. The van der Waals surface area contributed by atoms with Crippen LogP contribution in [0.4, 0.5) is 0 Å². The van der Waals surface area contributed by atoms with E-state index in [0.717, 1.165) is 16.3 Å². The fourth-order valence-electron chi connectivity index (χ4n) is 2.22. The van der Waals surface area contributed by atoms with Crippen LogP contribution in [0.15, 0.2) is 36.4 Å². The zero-order chi connectivity index (χ0) is 15.2. The molecule has 0 aliphatic rings. The van der Waals surface area contributed by atoms with Crippen molar-refractivity contribution in [2.24, 2.45) is 0 Å². The number of fused-ring (bicyclic) bond motifs is 1. The number of rotatable bonds is 6. The van der Waals surface area contributed by atoms with Crippen molar-refractivity contribution in [3.05, 3.63) is 42.0 Å². The third-order valence-electron chi connectivity index (χ3n) is 3.27. The molecule has 5 heteroatoms. The third-order valence-corrected chi connectivity index (χ3v) is 3.27. The summed E-state index contributed by atoms with van der Waals surface area (Å²) in [6.07, 6.45) is 0.0967. The number of hydrogen-bond acceptors (Lipinski definition) is 4. The highest BCUT2D eigenvalue weighted by molar-refractivity contribution is 5.87. The Morgan fingerprint density at radius 3 is 2.62 bits per heavy atom. The molecule has 21 heavy (non-hydrogen) atoms. The van der Waals surface area contributed by atoms with Crippen LogP contribution in [0, 0.1) is 0 Å². The number of aliphatic carboxylic acids is 1. The topological polar surface area (TPSA) is 89.5 Å². The van der Waals surface area contributed by atoms with Crippen LogP contribution in [-0.2, 0) is 16.0 Å². The summed E-state index contributed by atoms with van der Waals surface area (Å²) in [7, 11) is 0. The van der Waals surface area contributed by atoms with Crippen molar-refractivity contribution in [3.8, 4) is 5.75 Å². The molecule has 0 spiro atoms. The normalized spacial score (nSPS) is 10.5. The number of benzene rings is 2. The minimum Gasteiger partial charge on any atom is -0.550 e. The van der Waals surface area contributed by atoms with Gasteiger partial charge in [0.15, 0.2) is 0 Å². The van der Waals surface area contributed by atoms with Crippen molar-refractivity contribution < 1.29 is 19.8 Å². The van der Waals surface area contributed by atoms with Gasteiger partial charge in [-0.15, -0.1) is 0 Å². The van der Waals surface area contributed by atoms with Gasteiger partial charge in [-0.25, -0.2) is 0 Å². The molecule has 0 atom stereocenters. The molecule has 110 valence electrons. The number of aromatic hydroxyl groups is 1. The number of nitrogens with one attached hydrogen (secondary N) is 1. The summed E-state index contributed by atoms with van der Waals surface area (Å²) < 4.78 is 0. The standard InChI is InChI=1S/C16H17NO4/c18-14-6-5-11-3-1-2-4-12(11)13(14)9-10-17-15(19)7-8-16(20)21/h1-6,18H,7-10H2,(H,17,19)(H,20,21)/p-1. The van der Waals surface area contributed by atoms with E-state index in [1.54, 1.807) is 6.07 Å². The molecule has 5 nitrogen and oxygen atoms in total. The SMILES string of the molecule is O=C([O-])CCC(=O)NCCc1c(O)ccc2ccccc12. The average Bonchev–Trinajstić information content (AvgIpc) is 2.47. The Morgan fingerprint density at radius 1 is 1.10 bits per heavy atom. The molecule has 0 saturated carbocycles. The molecule has 2 aromatic carbocycles. The summed E-state index contributed by atoms with van der Waals surface area (Å²) in [6.45, 7) is 0.341. The largest absolute Gasteiger partial charge is 0.550 e. The summed E-state index contributed by atoms with van der Waals surface area (Å²) in [4.78, 5) is 21.7. The van der Waals surface area contributed by atoms with Gasteiger partial charge in [-0.2, -0.15) is 0 Å². The Balaban J connectivity index is 1.99. The zero-order valence-electron chi connectivity index (χ0n) is 11.5. The molecule has 0 aliphatic heterocycles. The highest BCUT2D eigenvalue weighted by atomic mass is 16.4. The lowest BCUT2D eigenvalue weighted by Crippen LogP contribution is -2.29. The van der Waals surface area contributed by atoms with Gasteiger partial charge in [0.1, 0.15) is 5.75 Å². The Labute approximate surface area is 122 Å². The molecule has 0 saturated heterocycles. The fraction of sp³-hybridized carbons (Fsp3) is 0.250. The number of carboxylic acids is 1. The van der Waals surface area contributed by atoms with Crippen LogP contribution >= 0.6 is 0 Å². The fourth-order valence-corrected chi connectivity index (χ4v) is 2.22. The van der Waals surface area contributed by atoms with Crippen molar-refractivity contribution >= 4 is 22.6 Å². The van der Waals surface area contributed by atoms with Crippen LogP contribution in [0.3, 0.4) is 0 Å². The van der Waals surface area contributed by atoms with E-state index in [9.17, 15) is 19.8 Å². The average molecular weight is 286 g/mol. The molecule has 2 N–H and O–H groups in total. The lowest BCUT2D eigenvalue weighted by atomic mass is 10.0. The van der Waals surface area contributed by atoms with Crippen LogP contribution in [0.2, 0.25) is 0 Å². The molecule has 0 aromatic heterocycles. The highest BCUT2D eigenvalue weighted by Gasteiger charge is 2.07. The first kappa shape index (κ1) is 14.8. The first-order valence-corrected chi connectivity index (χ1v) is 6.74. The third kappa shape index (κ3) is 3.95. The molecule has 2 rings (SSSR count). The van der Waals surface area contributed by atoms with Gasteiger partial charge in [-0.1, -0.05) is 30.3 Å². The second-order valence-electron chi connectivity index (χ2n) is 4.76. The van der Waals surface area contributed by atoms with Gasteiger partial charge < -0.3 is 20.3 Å². The zero-order valence-corrected chi connectivity index (χ0v) is 11.5. The van der Waals surface area contributed by atoms with E-state index in [1.807, 2.05) is 30.3 Å². The molecule has 0 radical (unpaired) electrons. The summed E-state index contributed by atoms with van der Waals surface area (Å²) >= 11 is 0. The van der Waals surface area contributed by atoms with Crippen molar-refractivity contribution in [1.29, 1.82) is 0 Å². The van der Waals surface area contributed by atoms with E-state index in [4.69, 9.17) is 0 Å². The number of phenolic OH excluding ortho intramolecular Hbond substituents is 1. The Hall–Kier alpha value is -2.56. The molecule has 0 aliphatic carbocycles. The quantitative estimate of drug-likeness (QED) is 0.819. The smallest absolute Gasteiger partial charge is 0.220 e. The van der Waals surface area contributed by atoms with Crippen LogP contribution < -0.4 is 10.4 Å². The number of amides is 1. The first-order valence-electron chi connectivity index (χ1n) is 6.74. The molecule has 0 bridgehead atoms. The van der Waals surface area contributed by atoms with Gasteiger partial charge >= 0.3 is 0 Å². The molecular weight excluding hydrogens is 270 g/mol. The van der Waals surface area contributed by atoms with Gasteiger partial charge in [0, 0.05) is 24.5 Å². The molecule has 1 amide bonds. The minimum absolute atomic E-state index is 0.0934. The van der Waals surface area contributed by atoms with E-state index >= 15 is 0 Å². The van der Waals surface area contributed by atoms with E-state index in [1.165, 1.54) is 0 Å². The second-order valence-corrected chi connectivity index (χ2v) is 4.76. The van der Waals surface area contributed by atoms with Crippen molar-refractivity contribution in [2.75, 3.05) is 6.54 Å². The molecule has 0 heterocycles. The van der Waals surface area contributed by atoms with E-state index in [2.05, 4.69) is 5.32 Å². The second kappa shape index (κ2) is 6.74. The summed E-state index contributed by atoms with van der Waals surface area (Å²) in [5, 5.41) is 24.8. The number of hydrogen-bond donors (Lipinski definition) is 2. The molecular formula is C16H16NO4-. The van der Waals surface area contributed by atoms with Gasteiger partial charge in [0.25, 0.3) is 0 Å². The highest BCUT2D eigenvalue weighted by Crippen LogP contribution is 2.27.